The highest BCUT2D eigenvalue weighted by atomic mass is 15.2. The fourth-order valence-corrected chi connectivity index (χ4v) is 1.48. The minimum absolute atomic E-state index is 1.17. The molecule has 1 saturated heterocycles. The van der Waals surface area contributed by atoms with Crippen molar-refractivity contribution in [2.75, 3.05) is 39.8 Å². The van der Waals surface area contributed by atoms with Gasteiger partial charge in [-0.25, -0.2) is 0 Å². The zero-order valence-electron chi connectivity index (χ0n) is 7.84. The standard InChI is InChI=1S/C9H20N2/c1-3-10(2)8-9-11-6-4-5-7-11/h3-9H2,1-2H3. The number of rotatable bonds is 4. The highest BCUT2D eigenvalue weighted by Crippen LogP contribution is 2.05. The summed E-state index contributed by atoms with van der Waals surface area (Å²) >= 11 is 0. The van der Waals surface area contributed by atoms with E-state index in [1.54, 1.807) is 0 Å². The Bertz CT molecular complexity index is 97.7. The van der Waals surface area contributed by atoms with Crippen LogP contribution in [0.25, 0.3) is 0 Å². The first kappa shape index (κ1) is 9.01. The third-order valence-corrected chi connectivity index (χ3v) is 2.54. The summed E-state index contributed by atoms with van der Waals surface area (Å²) in [6.45, 7) is 8.55. The van der Waals surface area contributed by atoms with Gasteiger partial charge in [0.15, 0.2) is 0 Å². The normalized spacial score (nSPS) is 19.9. The molecule has 0 radical (unpaired) electrons. The summed E-state index contributed by atoms with van der Waals surface area (Å²) < 4.78 is 0. The van der Waals surface area contributed by atoms with Crippen LogP contribution in [0.15, 0.2) is 0 Å². The van der Waals surface area contributed by atoms with Gasteiger partial charge in [0.25, 0.3) is 0 Å². The molecular formula is C9H20N2. The summed E-state index contributed by atoms with van der Waals surface area (Å²) in [5.41, 5.74) is 0. The highest BCUT2D eigenvalue weighted by molar-refractivity contribution is 4.66. The van der Waals surface area contributed by atoms with Gasteiger partial charge in [-0.3, -0.25) is 0 Å². The molecule has 2 heteroatoms. The van der Waals surface area contributed by atoms with E-state index in [0.29, 0.717) is 0 Å². The molecule has 1 heterocycles. The molecule has 1 aliphatic rings. The average Bonchev–Trinajstić information content (AvgIpc) is 2.52. The number of hydrogen-bond acceptors (Lipinski definition) is 2. The third-order valence-electron chi connectivity index (χ3n) is 2.54. The second kappa shape index (κ2) is 4.73. The van der Waals surface area contributed by atoms with Crippen LogP contribution in [0.1, 0.15) is 19.8 Å². The van der Waals surface area contributed by atoms with Gasteiger partial charge in [0.2, 0.25) is 0 Å². The van der Waals surface area contributed by atoms with Crippen LogP contribution >= 0.6 is 0 Å². The SMILES string of the molecule is CCN(C)CCN1CCCC1. The van der Waals surface area contributed by atoms with Crippen LogP contribution in [0, 0.1) is 0 Å². The van der Waals surface area contributed by atoms with Crippen molar-refractivity contribution in [3.8, 4) is 0 Å². The van der Waals surface area contributed by atoms with E-state index >= 15 is 0 Å². The first-order chi connectivity index (χ1) is 5.33. The van der Waals surface area contributed by atoms with Crippen molar-refractivity contribution < 1.29 is 0 Å². The molecular weight excluding hydrogens is 136 g/mol. The molecule has 0 aromatic rings. The van der Waals surface area contributed by atoms with Gasteiger partial charge < -0.3 is 9.80 Å². The van der Waals surface area contributed by atoms with Crippen LogP contribution in [0.4, 0.5) is 0 Å². The molecule has 1 aliphatic heterocycles. The van der Waals surface area contributed by atoms with E-state index in [1.165, 1.54) is 45.6 Å². The van der Waals surface area contributed by atoms with Gasteiger partial charge >= 0.3 is 0 Å². The lowest BCUT2D eigenvalue weighted by Crippen LogP contribution is -2.31. The Balaban J connectivity index is 2.01. The van der Waals surface area contributed by atoms with E-state index < -0.39 is 0 Å². The smallest absolute Gasteiger partial charge is 0.0109 e. The van der Waals surface area contributed by atoms with E-state index in [-0.39, 0.29) is 0 Å². The molecule has 0 N–H and O–H groups in total. The van der Waals surface area contributed by atoms with E-state index in [9.17, 15) is 0 Å². The van der Waals surface area contributed by atoms with Gasteiger partial charge in [-0.2, -0.15) is 0 Å². The lowest BCUT2D eigenvalue weighted by Gasteiger charge is -2.19. The maximum atomic E-state index is 2.56. The maximum Gasteiger partial charge on any atom is 0.0109 e. The van der Waals surface area contributed by atoms with Crippen molar-refractivity contribution in [1.82, 2.24) is 9.80 Å². The molecule has 2 nitrogen and oxygen atoms in total. The molecule has 0 saturated carbocycles. The first-order valence-electron chi connectivity index (χ1n) is 4.74. The lowest BCUT2D eigenvalue weighted by atomic mass is 10.4. The zero-order valence-corrected chi connectivity index (χ0v) is 7.84. The van der Waals surface area contributed by atoms with Gasteiger partial charge in [0.05, 0.1) is 0 Å². The van der Waals surface area contributed by atoms with E-state index in [4.69, 9.17) is 0 Å². The van der Waals surface area contributed by atoms with Gasteiger partial charge in [0.1, 0.15) is 0 Å². The number of nitrogens with zero attached hydrogens (tertiary/aromatic N) is 2. The van der Waals surface area contributed by atoms with Crippen LogP contribution in [-0.4, -0.2) is 49.6 Å². The summed E-state index contributed by atoms with van der Waals surface area (Å²) in [7, 11) is 2.19. The summed E-state index contributed by atoms with van der Waals surface area (Å²) in [5, 5.41) is 0. The Kier molecular flexibility index (Phi) is 3.87. The molecule has 0 bridgehead atoms. The summed E-state index contributed by atoms with van der Waals surface area (Å²) in [4.78, 5) is 4.94. The second-order valence-electron chi connectivity index (χ2n) is 3.44. The number of likely N-dealkylation sites (tertiary alicyclic amines) is 1. The molecule has 0 aromatic carbocycles. The van der Waals surface area contributed by atoms with Crippen molar-refractivity contribution in [1.29, 1.82) is 0 Å². The lowest BCUT2D eigenvalue weighted by molar-refractivity contribution is 0.264. The van der Waals surface area contributed by atoms with Crippen LogP contribution in [0.2, 0.25) is 0 Å². The van der Waals surface area contributed by atoms with Gasteiger partial charge in [0, 0.05) is 13.1 Å². The van der Waals surface area contributed by atoms with Crippen LogP contribution < -0.4 is 0 Å². The summed E-state index contributed by atoms with van der Waals surface area (Å²) in [6.07, 6.45) is 2.83. The second-order valence-corrected chi connectivity index (χ2v) is 3.44. The average molecular weight is 156 g/mol. The monoisotopic (exact) mass is 156 g/mol. The maximum absolute atomic E-state index is 2.56. The number of likely N-dealkylation sites (N-methyl/N-ethyl adjacent to an activating group) is 1. The van der Waals surface area contributed by atoms with Crippen molar-refractivity contribution in [2.45, 2.75) is 19.8 Å². The van der Waals surface area contributed by atoms with Crippen LogP contribution in [0.5, 0.6) is 0 Å². The predicted octanol–water partition coefficient (Wildman–Crippen LogP) is 1.03. The van der Waals surface area contributed by atoms with Gasteiger partial charge in [-0.1, -0.05) is 6.92 Å². The highest BCUT2D eigenvalue weighted by Gasteiger charge is 2.10. The van der Waals surface area contributed by atoms with Gasteiger partial charge in [-0.05, 0) is 39.5 Å². The molecule has 0 atom stereocenters. The zero-order chi connectivity index (χ0) is 8.10. The summed E-state index contributed by atoms with van der Waals surface area (Å²) in [6, 6.07) is 0. The Hall–Kier alpha value is -0.0800. The number of hydrogen-bond donors (Lipinski definition) is 0. The minimum Gasteiger partial charge on any atom is -0.305 e. The fraction of sp³-hybridized carbons (Fsp3) is 1.00. The molecule has 0 spiro atoms. The molecule has 0 amide bonds. The Labute approximate surface area is 70.2 Å². The Morgan fingerprint density at radius 3 is 2.45 bits per heavy atom. The topological polar surface area (TPSA) is 6.48 Å². The first-order valence-corrected chi connectivity index (χ1v) is 4.74. The van der Waals surface area contributed by atoms with E-state index in [1.807, 2.05) is 0 Å². The van der Waals surface area contributed by atoms with Crippen molar-refractivity contribution in [3.05, 3.63) is 0 Å². The third kappa shape index (κ3) is 3.21. The molecule has 1 rings (SSSR count). The van der Waals surface area contributed by atoms with Crippen LogP contribution in [0.3, 0.4) is 0 Å². The van der Waals surface area contributed by atoms with Crippen LogP contribution in [-0.2, 0) is 0 Å². The van der Waals surface area contributed by atoms with Crippen molar-refractivity contribution >= 4 is 0 Å². The minimum atomic E-state index is 1.17. The Morgan fingerprint density at radius 1 is 1.27 bits per heavy atom. The van der Waals surface area contributed by atoms with E-state index in [0.717, 1.165) is 0 Å². The van der Waals surface area contributed by atoms with E-state index in [2.05, 4.69) is 23.8 Å². The molecule has 66 valence electrons. The summed E-state index contributed by atoms with van der Waals surface area (Å²) in [5.74, 6) is 0. The molecule has 11 heavy (non-hydrogen) atoms. The quantitative estimate of drug-likeness (QED) is 0.600. The Morgan fingerprint density at radius 2 is 1.91 bits per heavy atom. The van der Waals surface area contributed by atoms with Crippen molar-refractivity contribution in [2.24, 2.45) is 0 Å². The van der Waals surface area contributed by atoms with Gasteiger partial charge in [-0.15, -0.1) is 0 Å². The fourth-order valence-electron chi connectivity index (χ4n) is 1.48. The van der Waals surface area contributed by atoms with Crippen molar-refractivity contribution in [3.63, 3.8) is 0 Å². The molecule has 0 unspecified atom stereocenters. The molecule has 1 fully saturated rings. The molecule has 0 aliphatic carbocycles. The largest absolute Gasteiger partial charge is 0.305 e. The predicted molar refractivity (Wildman–Crippen MR) is 48.8 cm³/mol. The molecule has 0 aromatic heterocycles.